The van der Waals surface area contributed by atoms with Gasteiger partial charge >= 0.3 is 5.97 Å². The molecule has 1 heterocycles. The Morgan fingerprint density at radius 2 is 1.81 bits per heavy atom. The summed E-state index contributed by atoms with van der Waals surface area (Å²) in [6.07, 6.45) is 0. The molecule has 27 heavy (non-hydrogen) atoms. The number of rotatable bonds is 7. The van der Waals surface area contributed by atoms with E-state index >= 15 is 0 Å². The lowest BCUT2D eigenvalue weighted by Crippen LogP contribution is -2.35. The first-order valence-electron chi connectivity index (χ1n) is 7.98. The number of pyridine rings is 1. The summed E-state index contributed by atoms with van der Waals surface area (Å²) in [4.78, 5) is 29.3. The van der Waals surface area contributed by atoms with Crippen LogP contribution in [0.1, 0.15) is 27.3 Å². The van der Waals surface area contributed by atoms with Gasteiger partial charge in [-0.05, 0) is 36.8 Å². The van der Waals surface area contributed by atoms with Crippen LogP contribution in [0.5, 0.6) is 11.5 Å². The van der Waals surface area contributed by atoms with Gasteiger partial charge in [0.1, 0.15) is 29.8 Å². The van der Waals surface area contributed by atoms with Gasteiger partial charge in [0.25, 0.3) is 5.91 Å². The molecule has 0 fully saturated rings. The number of nitriles is 1. The summed E-state index contributed by atoms with van der Waals surface area (Å²) in [5.74, 6) is -0.644. The third kappa shape index (κ3) is 4.95. The maximum absolute atomic E-state index is 12.8. The minimum Gasteiger partial charge on any atom is -0.497 e. The normalized spacial score (nSPS) is 10.0. The molecule has 1 aromatic carbocycles. The molecule has 2 rings (SSSR count). The molecule has 0 spiro atoms. The van der Waals surface area contributed by atoms with Crippen molar-refractivity contribution in [2.45, 2.75) is 13.5 Å². The fourth-order valence-electron chi connectivity index (χ4n) is 2.50. The number of hydrogen-bond donors (Lipinski definition) is 1. The van der Waals surface area contributed by atoms with E-state index in [2.05, 4.69) is 4.98 Å². The van der Waals surface area contributed by atoms with E-state index in [1.807, 2.05) is 6.07 Å². The fraction of sp³-hybridized carbons (Fsp3) is 0.263. The van der Waals surface area contributed by atoms with Crippen LogP contribution in [0.15, 0.2) is 30.3 Å². The summed E-state index contributed by atoms with van der Waals surface area (Å²) in [6.45, 7) is 1.14. The predicted molar refractivity (Wildman–Crippen MR) is 95.6 cm³/mol. The third-order valence-corrected chi connectivity index (χ3v) is 3.82. The number of aromatic nitrogens is 1. The highest BCUT2D eigenvalue weighted by atomic mass is 16.5. The minimum atomic E-state index is -1.15. The van der Waals surface area contributed by atoms with Crippen LogP contribution in [0.2, 0.25) is 0 Å². The van der Waals surface area contributed by atoms with Crippen LogP contribution >= 0.6 is 0 Å². The molecule has 0 saturated heterocycles. The molecule has 2 aromatic rings. The summed E-state index contributed by atoms with van der Waals surface area (Å²) >= 11 is 0. The number of carbonyl (C=O) groups is 2. The van der Waals surface area contributed by atoms with E-state index in [0.29, 0.717) is 28.3 Å². The molecule has 140 valence electrons. The van der Waals surface area contributed by atoms with Gasteiger partial charge in [-0.1, -0.05) is 0 Å². The lowest BCUT2D eigenvalue weighted by atomic mass is 10.1. The predicted octanol–water partition coefficient (Wildman–Crippen LogP) is 2.01. The van der Waals surface area contributed by atoms with E-state index in [9.17, 15) is 14.7 Å². The second kappa shape index (κ2) is 8.67. The van der Waals surface area contributed by atoms with Crippen molar-refractivity contribution in [1.29, 1.82) is 5.26 Å². The largest absolute Gasteiger partial charge is 0.497 e. The lowest BCUT2D eigenvalue weighted by molar-refractivity contribution is -0.137. The SMILES string of the molecule is COc1cc(CN(CC(=O)O)C(=O)c2ccc(C#N)c(C)n2)cc(OC)c1. The number of carbonyl (C=O) groups excluding carboxylic acids is 1. The van der Waals surface area contributed by atoms with Crippen LogP contribution in [-0.4, -0.2) is 47.6 Å². The Bertz CT molecular complexity index is 882. The minimum absolute atomic E-state index is 0.0272. The molecule has 0 aliphatic heterocycles. The Hall–Kier alpha value is -3.60. The zero-order valence-corrected chi connectivity index (χ0v) is 15.2. The number of carboxylic acid groups (broad SMARTS) is 1. The van der Waals surface area contributed by atoms with E-state index < -0.39 is 18.4 Å². The maximum atomic E-state index is 12.8. The van der Waals surface area contributed by atoms with Crippen molar-refractivity contribution >= 4 is 11.9 Å². The van der Waals surface area contributed by atoms with E-state index in [4.69, 9.17) is 14.7 Å². The first-order chi connectivity index (χ1) is 12.9. The molecule has 8 nitrogen and oxygen atoms in total. The highest BCUT2D eigenvalue weighted by Crippen LogP contribution is 2.24. The first-order valence-corrected chi connectivity index (χ1v) is 7.98. The molecule has 0 unspecified atom stereocenters. The number of ether oxygens (including phenoxy) is 2. The Morgan fingerprint density at radius 1 is 1.19 bits per heavy atom. The number of aryl methyl sites for hydroxylation is 1. The van der Waals surface area contributed by atoms with Gasteiger partial charge in [0.2, 0.25) is 0 Å². The second-order valence-electron chi connectivity index (χ2n) is 5.72. The summed E-state index contributed by atoms with van der Waals surface area (Å²) in [5.41, 5.74) is 1.48. The van der Waals surface area contributed by atoms with Gasteiger partial charge in [0.05, 0.1) is 25.5 Å². The van der Waals surface area contributed by atoms with Crippen LogP contribution in [0.3, 0.4) is 0 Å². The number of carboxylic acids is 1. The lowest BCUT2D eigenvalue weighted by Gasteiger charge is -2.21. The Morgan fingerprint density at radius 3 is 2.30 bits per heavy atom. The number of benzene rings is 1. The average Bonchev–Trinajstić information content (AvgIpc) is 2.66. The van der Waals surface area contributed by atoms with E-state index in [1.165, 1.54) is 26.4 Å². The van der Waals surface area contributed by atoms with Gasteiger partial charge in [0.15, 0.2) is 0 Å². The standard InChI is InChI=1S/C19H19N3O5/c1-12-14(9-20)4-5-17(21-12)19(25)22(11-18(23)24)10-13-6-15(26-2)8-16(7-13)27-3/h4-8H,10-11H2,1-3H3,(H,23,24). The van der Waals surface area contributed by atoms with E-state index in [-0.39, 0.29) is 12.2 Å². The highest BCUT2D eigenvalue weighted by Gasteiger charge is 2.21. The number of aliphatic carboxylic acids is 1. The number of methoxy groups -OCH3 is 2. The molecule has 0 atom stereocenters. The zero-order chi connectivity index (χ0) is 20.0. The molecule has 8 heteroatoms. The van der Waals surface area contributed by atoms with Crippen molar-refractivity contribution in [3.63, 3.8) is 0 Å². The van der Waals surface area contributed by atoms with Gasteiger partial charge in [-0.15, -0.1) is 0 Å². The summed E-state index contributed by atoms with van der Waals surface area (Å²) in [7, 11) is 3.00. The van der Waals surface area contributed by atoms with Gasteiger partial charge in [0, 0.05) is 12.6 Å². The van der Waals surface area contributed by atoms with Gasteiger partial charge in [-0.25, -0.2) is 4.98 Å². The molecule has 0 aliphatic rings. The van der Waals surface area contributed by atoms with Crippen molar-refractivity contribution in [1.82, 2.24) is 9.88 Å². The summed E-state index contributed by atoms with van der Waals surface area (Å²) < 4.78 is 10.4. The van der Waals surface area contributed by atoms with Crippen LogP contribution in [-0.2, 0) is 11.3 Å². The molecule has 0 saturated carbocycles. The molecule has 0 bridgehead atoms. The summed E-state index contributed by atoms with van der Waals surface area (Å²) in [5, 5.41) is 18.2. The smallest absolute Gasteiger partial charge is 0.323 e. The van der Waals surface area contributed by atoms with Crippen molar-refractivity contribution in [2.75, 3.05) is 20.8 Å². The first kappa shape index (κ1) is 19.7. The summed E-state index contributed by atoms with van der Waals surface area (Å²) in [6, 6.07) is 9.95. The Kier molecular flexibility index (Phi) is 6.33. The van der Waals surface area contributed by atoms with Crippen molar-refractivity contribution in [3.05, 3.63) is 52.8 Å². The van der Waals surface area contributed by atoms with Crippen LogP contribution in [0, 0.1) is 18.3 Å². The van der Waals surface area contributed by atoms with Gasteiger partial charge < -0.3 is 19.5 Å². The van der Waals surface area contributed by atoms with Crippen molar-refractivity contribution in [2.24, 2.45) is 0 Å². The molecular formula is C19H19N3O5. The van der Waals surface area contributed by atoms with E-state index in [1.54, 1.807) is 25.1 Å². The second-order valence-corrected chi connectivity index (χ2v) is 5.72. The van der Waals surface area contributed by atoms with Crippen LogP contribution in [0.25, 0.3) is 0 Å². The van der Waals surface area contributed by atoms with Gasteiger partial charge in [-0.2, -0.15) is 5.26 Å². The number of amides is 1. The molecule has 1 aromatic heterocycles. The maximum Gasteiger partial charge on any atom is 0.323 e. The van der Waals surface area contributed by atoms with Crippen molar-refractivity contribution < 1.29 is 24.2 Å². The highest BCUT2D eigenvalue weighted by molar-refractivity contribution is 5.94. The van der Waals surface area contributed by atoms with E-state index in [0.717, 1.165) is 4.90 Å². The molecule has 0 radical (unpaired) electrons. The fourth-order valence-corrected chi connectivity index (χ4v) is 2.50. The third-order valence-electron chi connectivity index (χ3n) is 3.82. The molecular weight excluding hydrogens is 350 g/mol. The van der Waals surface area contributed by atoms with Gasteiger partial charge in [-0.3, -0.25) is 9.59 Å². The Balaban J connectivity index is 2.35. The molecule has 0 aliphatic carbocycles. The Labute approximate surface area is 156 Å². The quantitative estimate of drug-likeness (QED) is 0.794. The number of nitrogens with zero attached hydrogens (tertiary/aromatic N) is 3. The van der Waals surface area contributed by atoms with Crippen LogP contribution < -0.4 is 9.47 Å². The zero-order valence-electron chi connectivity index (χ0n) is 15.2. The number of hydrogen-bond acceptors (Lipinski definition) is 6. The average molecular weight is 369 g/mol. The van der Waals surface area contributed by atoms with Crippen LogP contribution in [0.4, 0.5) is 0 Å². The molecule has 1 N–H and O–H groups in total. The van der Waals surface area contributed by atoms with Crippen molar-refractivity contribution in [3.8, 4) is 17.6 Å². The monoisotopic (exact) mass is 369 g/mol. The molecule has 1 amide bonds. The topological polar surface area (TPSA) is 113 Å².